The molecule has 5 heteroatoms. The number of anilines is 1. The molecule has 19 heavy (non-hydrogen) atoms. The van der Waals surface area contributed by atoms with Crippen molar-refractivity contribution in [3.8, 4) is 17.3 Å². The summed E-state index contributed by atoms with van der Waals surface area (Å²) in [6, 6.07) is 9.71. The molecule has 0 bridgehead atoms. The van der Waals surface area contributed by atoms with Crippen LogP contribution in [0.5, 0.6) is 0 Å². The van der Waals surface area contributed by atoms with Crippen molar-refractivity contribution in [2.45, 2.75) is 0 Å². The molecule has 96 valence electrons. The zero-order valence-corrected chi connectivity index (χ0v) is 10.6. The summed E-state index contributed by atoms with van der Waals surface area (Å²) in [5.41, 5.74) is 3.88. The minimum atomic E-state index is 0.673. The molecule has 1 fully saturated rings. The monoisotopic (exact) mass is 253 g/mol. The molecule has 0 saturated carbocycles. The molecule has 1 aliphatic heterocycles. The van der Waals surface area contributed by atoms with E-state index in [0.717, 1.165) is 43.1 Å². The van der Waals surface area contributed by atoms with Gasteiger partial charge in [0.2, 0.25) is 0 Å². The third-order valence-electron chi connectivity index (χ3n) is 3.38. The van der Waals surface area contributed by atoms with Gasteiger partial charge < -0.3 is 10.2 Å². The first-order chi connectivity index (χ1) is 9.38. The molecule has 2 aromatic rings. The molecule has 5 nitrogen and oxygen atoms in total. The standard InChI is InChI=1S/C14H15N5/c15-9-11-1-3-12(4-2-11)14-13(10-17-18-14)19-7-5-16-6-8-19/h1-4,10,16H,5-8H2,(H,17,18). The highest BCUT2D eigenvalue weighted by atomic mass is 15.2. The lowest BCUT2D eigenvalue weighted by molar-refractivity contribution is 0.589. The number of hydrogen-bond acceptors (Lipinski definition) is 4. The van der Waals surface area contributed by atoms with Crippen molar-refractivity contribution in [1.82, 2.24) is 15.5 Å². The van der Waals surface area contributed by atoms with E-state index in [2.05, 4.69) is 26.5 Å². The highest BCUT2D eigenvalue weighted by Gasteiger charge is 2.16. The maximum atomic E-state index is 8.83. The first kappa shape index (κ1) is 11.8. The second-order valence-corrected chi connectivity index (χ2v) is 4.56. The van der Waals surface area contributed by atoms with Gasteiger partial charge in [-0.05, 0) is 12.1 Å². The van der Waals surface area contributed by atoms with E-state index >= 15 is 0 Å². The van der Waals surface area contributed by atoms with Crippen LogP contribution in [0.2, 0.25) is 0 Å². The van der Waals surface area contributed by atoms with Crippen LogP contribution in [-0.2, 0) is 0 Å². The van der Waals surface area contributed by atoms with E-state index < -0.39 is 0 Å². The average Bonchev–Trinajstić information content (AvgIpc) is 2.98. The molecule has 0 radical (unpaired) electrons. The Morgan fingerprint density at radius 1 is 1.16 bits per heavy atom. The van der Waals surface area contributed by atoms with Gasteiger partial charge in [0, 0.05) is 31.7 Å². The van der Waals surface area contributed by atoms with Crippen LogP contribution < -0.4 is 10.2 Å². The molecule has 2 N–H and O–H groups in total. The van der Waals surface area contributed by atoms with Crippen molar-refractivity contribution in [2.24, 2.45) is 0 Å². The maximum Gasteiger partial charge on any atom is 0.0991 e. The largest absolute Gasteiger partial charge is 0.366 e. The second kappa shape index (κ2) is 5.12. The smallest absolute Gasteiger partial charge is 0.0991 e. The summed E-state index contributed by atoms with van der Waals surface area (Å²) in [5.74, 6) is 0. The van der Waals surface area contributed by atoms with Gasteiger partial charge in [0.25, 0.3) is 0 Å². The van der Waals surface area contributed by atoms with Crippen molar-refractivity contribution in [1.29, 1.82) is 5.26 Å². The van der Waals surface area contributed by atoms with E-state index in [1.807, 2.05) is 30.5 Å². The zero-order chi connectivity index (χ0) is 13.1. The van der Waals surface area contributed by atoms with Crippen molar-refractivity contribution in [3.05, 3.63) is 36.0 Å². The van der Waals surface area contributed by atoms with Gasteiger partial charge in [0.1, 0.15) is 0 Å². The second-order valence-electron chi connectivity index (χ2n) is 4.56. The Kier molecular flexibility index (Phi) is 3.17. The number of rotatable bonds is 2. The molecule has 0 unspecified atom stereocenters. The Hall–Kier alpha value is -2.32. The zero-order valence-electron chi connectivity index (χ0n) is 10.6. The Bertz CT molecular complexity index is 587. The van der Waals surface area contributed by atoms with Crippen LogP contribution in [0.1, 0.15) is 5.56 Å². The molecule has 1 aromatic carbocycles. The van der Waals surface area contributed by atoms with Crippen LogP contribution in [0.15, 0.2) is 30.5 Å². The Morgan fingerprint density at radius 3 is 2.58 bits per heavy atom. The number of hydrogen-bond donors (Lipinski definition) is 2. The van der Waals surface area contributed by atoms with Crippen LogP contribution in [0.25, 0.3) is 11.3 Å². The fourth-order valence-electron chi connectivity index (χ4n) is 2.35. The minimum Gasteiger partial charge on any atom is -0.366 e. The summed E-state index contributed by atoms with van der Waals surface area (Å²) >= 11 is 0. The van der Waals surface area contributed by atoms with Crippen LogP contribution in [0, 0.1) is 11.3 Å². The molecule has 0 atom stereocenters. The number of nitrogens with one attached hydrogen (secondary N) is 2. The summed E-state index contributed by atoms with van der Waals surface area (Å²) in [5, 5.41) is 19.4. The Morgan fingerprint density at radius 2 is 1.89 bits per heavy atom. The van der Waals surface area contributed by atoms with E-state index in [0.29, 0.717) is 5.56 Å². The number of aromatic nitrogens is 2. The van der Waals surface area contributed by atoms with Gasteiger partial charge in [0.05, 0.1) is 29.2 Å². The highest BCUT2D eigenvalue weighted by molar-refractivity contribution is 5.75. The van der Waals surface area contributed by atoms with E-state index in [1.165, 1.54) is 0 Å². The average molecular weight is 253 g/mol. The van der Waals surface area contributed by atoms with Crippen molar-refractivity contribution in [3.63, 3.8) is 0 Å². The first-order valence-corrected chi connectivity index (χ1v) is 6.38. The lowest BCUT2D eigenvalue weighted by Gasteiger charge is -2.29. The fraction of sp³-hybridized carbons (Fsp3) is 0.286. The lowest BCUT2D eigenvalue weighted by atomic mass is 10.1. The first-order valence-electron chi connectivity index (χ1n) is 6.38. The van der Waals surface area contributed by atoms with E-state index in [1.54, 1.807) is 0 Å². The molecule has 1 aromatic heterocycles. The summed E-state index contributed by atoms with van der Waals surface area (Å²) < 4.78 is 0. The molecular weight excluding hydrogens is 238 g/mol. The van der Waals surface area contributed by atoms with Gasteiger partial charge in [-0.2, -0.15) is 10.4 Å². The normalized spacial score (nSPS) is 15.2. The lowest BCUT2D eigenvalue weighted by Crippen LogP contribution is -2.43. The Labute approximate surface area is 111 Å². The van der Waals surface area contributed by atoms with Gasteiger partial charge in [-0.1, -0.05) is 12.1 Å². The van der Waals surface area contributed by atoms with Crippen LogP contribution in [-0.4, -0.2) is 36.4 Å². The van der Waals surface area contributed by atoms with Gasteiger partial charge in [-0.15, -0.1) is 0 Å². The number of nitrogens with zero attached hydrogens (tertiary/aromatic N) is 3. The number of piperazine rings is 1. The Balaban J connectivity index is 1.92. The predicted molar refractivity (Wildman–Crippen MR) is 73.8 cm³/mol. The summed E-state index contributed by atoms with van der Waals surface area (Å²) in [4.78, 5) is 2.33. The SMILES string of the molecule is N#Cc1ccc(-c2[nH]ncc2N2CCNCC2)cc1. The molecular formula is C14H15N5. The van der Waals surface area contributed by atoms with Crippen LogP contribution in [0.3, 0.4) is 0 Å². The van der Waals surface area contributed by atoms with Crippen LogP contribution in [0.4, 0.5) is 5.69 Å². The van der Waals surface area contributed by atoms with Gasteiger partial charge in [-0.3, -0.25) is 5.10 Å². The number of nitriles is 1. The fourth-order valence-corrected chi connectivity index (χ4v) is 2.35. The van der Waals surface area contributed by atoms with E-state index in [9.17, 15) is 0 Å². The van der Waals surface area contributed by atoms with Gasteiger partial charge in [-0.25, -0.2) is 0 Å². The van der Waals surface area contributed by atoms with Gasteiger partial charge >= 0.3 is 0 Å². The molecule has 1 aliphatic rings. The minimum absolute atomic E-state index is 0.673. The molecule has 0 aliphatic carbocycles. The summed E-state index contributed by atoms with van der Waals surface area (Å²) in [6.45, 7) is 3.97. The third kappa shape index (κ3) is 2.30. The van der Waals surface area contributed by atoms with Gasteiger partial charge in [0.15, 0.2) is 0 Å². The number of aromatic amines is 1. The van der Waals surface area contributed by atoms with Crippen molar-refractivity contribution < 1.29 is 0 Å². The summed E-state index contributed by atoms with van der Waals surface area (Å²) in [7, 11) is 0. The number of H-pyrrole nitrogens is 1. The van der Waals surface area contributed by atoms with Crippen LogP contribution >= 0.6 is 0 Å². The van der Waals surface area contributed by atoms with E-state index in [4.69, 9.17) is 5.26 Å². The molecule has 2 heterocycles. The van der Waals surface area contributed by atoms with Crippen molar-refractivity contribution >= 4 is 5.69 Å². The van der Waals surface area contributed by atoms with Crippen molar-refractivity contribution in [2.75, 3.05) is 31.1 Å². The third-order valence-corrected chi connectivity index (χ3v) is 3.38. The highest BCUT2D eigenvalue weighted by Crippen LogP contribution is 2.28. The maximum absolute atomic E-state index is 8.83. The quantitative estimate of drug-likeness (QED) is 0.848. The van der Waals surface area contributed by atoms with E-state index in [-0.39, 0.29) is 0 Å². The molecule has 3 rings (SSSR count). The molecule has 0 amide bonds. The molecule has 0 spiro atoms. The molecule has 1 saturated heterocycles. The number of benzene rings is 1. The predicted octanol–water partition coefficient (Wildman–Crippen LogP) is 1.36. The summed E-state index contributed by atoms with van der Waals surface area (Å²) in [6.07, 6.45) is 1.87. The topological polar surface area (TPSA) is 67.7 Å².